The van der Waals surface area contributed by atoms with Crippen LogP contribution < -0.4 is 0 Å². The van der Waals surface area contributed by atoms with E-state index >= 15 is 0 Å². The van der Waals surface area contributed by atoms with Crippen LogP contribution in [0, 0.1) is 0 Å². The van der Waals surface area contributed by atoms with Crippen LogP contribution in [0.4, 0.5) is 13.2 Å². The maximum absolute atomic E-state index is 13.1. The Kier molecular flexibility index (Phi) is 3.87. The number of benzene rings is 2. The second kappa shape index (κ2) is 4.88. The van der Waals surface area contributed by atoms with Gasteiger partial charge in [-0.15, -0.1) is 0 Å². The lowest BCUT2D eigenvalue weighted by Gasteiger charge is -2.21. The molecule has 2 aromatic rings. The van der Waals surface area contributed by atoms with Gasteiger partial charge in [0, 0.05) is 10.9 Å². The van der Waals surface area contributed by atoms with Crippen molar-refractivity contribution in [1.29, 1.82) is 0 Å². The van der Waals surface area contributed by atoms with E-state index in [-0.39, 0.29) is 5.39 Å². The highest BCUT2D eigenvalue weighted by atomic mass is 35.6. The molecule has 7 heteroatoms. The van der Waals surface area contributed by atoms with E-state index in [1.807, 2.05) is 0 Å². The number of hydrogen-bond donors (Lipinski definition) is 0. The molecule has 0 aliphatic carbocycles. The van der Waals surface area contributed by atoms with Gasteiger partial charge in [0.2, 0.25) is 3.79 Å². The predicted molar refractivity (Wildman–Crippen MR) is 73.2 cm³/mol. The van der Waals surface area contributed by atoms with Crippen LogP contribution in [0.5, 0.6) is 0 Å². The molecular formula is C12H5Cl4F3. The molecule has 0 aliphatic rings. The molecule has 0 amide bonds. The largest absolute Gasteiger partial charge is 0.418 e. The molecule has 102 valence electrons. The Morgan fingerprint density at radius 3 is 2.05 bits per heavy atom. The average Bonchev–Trinajstić information content (AvgIpc) is 2.26. The Labute approximate surface area is 127 Å². The smallest absolute Gasteiger partial charge is 0.166 e. The van der Waals surface area contributed by atoms with Crippen molar-refractivity contribution in [3.05, 3.63) is 46.5 Å². The van der Waals surface area contributed by atoms with Crippen molar-refractivity contribution in [3.63, 3.8) is 0 Å². The van der Waals surface area contributed by atoms with Crippen LogP contribution >= 0.6 is 46.4 Å². The van der Waals surface area contributed by atoms with Gasteiger partial charge in [-0.05, 0) is 11.5 Å². The van der Waals surface area contributed by atoms with E-state index in [0.29, 0.717) is 5.39 Å². The maximum atomic E-state index is 13.1. The van der Waals surface area contributed by atoms with Crippen LogP contribution in [-0.2, 0) is 9.97 Å². The van der Waals surface area contributed by atoms with Crippen molar-refractivity contribution in [1.82, 2.24) is 0 Å². The highest BCUT2D eigenvalue weighted by molar-refractivity contribution is 6.67. The quantitative estimate of drug-likeness (QED) is 0.488. The zero-order valence-corrected chi connectivity index (χ0v) is 12.1. The third kappa shape index (κ3) is 2.89. The lowest BCUT2D eigenvalue weighted by atomic mass is 10.0. The second-order valence-electron chi connectivity index (χ2n) is 3.83. The van der Waals surface area contributed by atoms with Crippen molar-refractivity contribution >= 4 is 57.2 Å². The fourth-order valence-electron chi connectivity index (χ4n) is 1.80. The number of rotatable bonds is 0. The van der Waals surface area contributed by atoms with Gasteiger partial charge in [0.05, 0.1) is 10.6 Å². The van der Waals surface area contributed by atoms with Crippen molar-refractivity contribution in [3.8, 4) is 0 Å². The van der Waals surface area contributed by atoms with E-state index in [0.717, 1.165) is 0 Å². The number of halogens is 7. The van der Waals surface area contributed by atoms with Crippen LogP contribution in [0.2, 0.25) is 5.02 Å². The van der Waals surface area contributed by atoms with Crippen LogP contribution in [0.1, 0.15) is 11.1 Å². The van der Waals surface area contributed by atoms with Crippen molar-refractivity contribution in [2.75, 3.05) is 0 Å². The summed E-state index contributed by atoms with van der Waals surface area (Å²) in [6.45, 7) is 0. The van der Waals surface area contributed by atoms with E-state index < -0.39 is 26.1 Å². The summed E-state index contributed by atoms with van der Waals surface area (Å²) in [7, 11) is 0. The van der Waals surface area contributed by atoms with Gasteiger partial charge in [-0.3, -0.25) is 0 Å². The lowest BCUT2D eigenvalue weighted by Crippen LogP contribution is -2.15. The van der Waals surface area contributed by atoms with Gasteiger partial charge < -0.3 is 0 Å². The Morgan fingerprint density at radius 2 is 1.53 bits per heavy atom. The summed E-state index contributed by atoms with van der Waals surface area (Å²) < 4.78 is 37.1. The molecule has 0 aromatic heterocycles. The first-order chi connectivity index (χ1) is 8.62. The number of hydrogen-bond acceptors (Lipinski definition) is 0. The minimum Gasteiger partial charge on any atom is -0.166 e. The SMILES string of the molecule is FC(F)(F)c1c(C(Cl)(Cl)Cl)cc2ccccc2c1Cl. The fourth-order valence-corrected chi connectivity index (χ4v) is 2.63. The minimum atomic E-state index is -4.71. The minimum absolute atomic E-state index is 0.259. The summed E-state index contributed by atoms with van der Waals surface area (Å²) in [5.74, 6) is 0. The van der Waals surface area contributed by atoms with Crippen molar-refractivity contribution < 1.29 is 13.2 Å². The first-order valence-electron chi connectivity index (χ1n) is 4.98. The molecule has 2 rings (SSSR count). The van der Waals surface area contributed by atoms with E-state index in [4.69, 9.17) is 46.4 Å². The van der Waals surface area contributed by atoms with Crippen LogP contribution in [0.25, 0.3) is 10.8 Å². The summed E-state index contributed by atoms with van der Waals surface area (Å²) in [6.07, 6.45) is -4.71. The molecule has 0 spiro atoms. The third-order valence-electron chi connectivity index (χ3n) is 2.57. The highest BCUT2D eigenvalue weighted by Crippen LogP contribution is 2.49. The molecule has 0 bridgehead atoms. The molecular weight excluding hydrogens is 343 g/mol. The fraction of sp³-hybridized carbons (Fsp3) is 0.167. The van der Waals surface area contributed by atoms with Gasteiger partial charge in [0.1, 0.15) is 0 Å². The monoisotopic (exact) mass is 346 g/mol. The normalized spacial score (nSPS) is 13.0. The van der Waals surface area contributed by atoms with Crippen molar-refractivity contribution in [2.24, 2.45) is 0 Å². The Morgan fingerprint density at radius 1 is 0.947 bits per heavy atom. The topological polar surface area (TPSA) is 0 Å². The number of alkyl halides is 6. The summed E-state index contributed by atoms with van der Waals surface area (Å²) in [5, 5.41) is 0.267. The zero-order chi connectivity index (χ0) is 14.4. The maximum Gasteiger partial charge on any atom is 0.418 e. The molecule has 0 nitrogen and oxygen atoms in total. The molecule has 0 aliphatic heterocycles. The first-order valence-corrected chi connectivity index (χ1v) is 6.49. The van der Waals surface area contributed by atoms with Gasteiger partial charge in [-0.2, -0.15) is 13.2 Å². The third-order valence-corrected chi connectivity index (χ3v) is 3.58. The van der Waals surface area contributed by atoms with E-state index in [1.54, 1.807) is 18.2 Å². The van der Waals surface area contributed by atoms with Crippen LogP contribution in [0.15, 0.2) is 30.3 Å². The average molecular weight is 348 g/mol. The van der Waals surface area contributed by atoms with Gasteiger partial charge in [0.15, 0.2) is 0 Å². The standard InChI is InChI=1S/C12H5Cl4F3/c13-10-7-4-2-1-3-6(7)5-8(11(14,15)16)9(10)12(17,18)19/h1-5H. The van der Waals surface area contributed by atoms with E-state index in [2.05, 4.69) is 0 Å². The second-order valence-corrected chi connectivity index (χ2v) is 6.49. The van der Waals surface area contributed by atoms with Crippen LogP contribution in [-0.4, -0.2) is 0 Å². The highest BCUT2D eigenvalue weighted by Gasteiger charge is 2.42. The molecule has 0 unspecified atom stereocenters. The number of fused-ring (bicyclic) bond motifs is 1. The molecule has 19 heavy (non-hydrogen) atoms. The van der Waals surface area contributed by atoms with Gasteiger partial charge in [0.25, 0.3) is 0 Å². The molecule has 0 saturated carbocycles. The molecule has 0 saturated heterocycles. The van der Waals surface area contributed by atoms with Gasteiger partial charge in [-0.1, -0.05) is 70.7 Å². The molecule has 0 heterocycles. The van der Waals surface area contributed by atoms with E-state index in [9.17, 15) is 13.2 Å². The summed E-state index contributed by atoms with van der Waals surface area (Å²) in [4.78, 5) is 0. The Bertz CT molecular complexity index is 629. The van der Waals surface area contributed by atoms with Gasteiger partial charge >= 0.3 is 6.18 Å². The summed E-state index contributed by atoms with van der Waals surface area (Å²) >= 11 is 22.7. The first kappa shape index (κ1) is 15.0. The zero-order valence-electron chi connectivity index (χ0n) is 9.03. The summed E-state index contributed by atoms with van der Waals surface area (Å²) in [5.41, 5.74) is -1.60. The Balaban J connectivity index is 2.93. The molecule has 2 aromatic carbocycles. The van der Waals surface area contributed by atoms with Crippen molar-refractivity contribution in [2.45, 2.75) is 9.97 Å². The molecule has 0 fully saturated rings. The van der Waals surface area contributed by atoms with E-state index in [1.165, 1.54) is 12.1 Å². The molecule has 0 radical (unpaired) electrons. The summed E-state index contributed by atoms with van der Waals surface area (Å²) in [6, 6.07) is 7.52. The van der Waals surface area contributed by atoms with Gasteiger partial charge in [-0.25, -0.2) is 0 Å². The Hall–Kier alpha value is -0.350. The van der Waals surface area contributed by atoms with Crippen LogP contribution in [0.3, 0.4) is 0 Å². The predicted octanol–water partition coefficient (Wildman–Crippen LogP) is 6.34. The molecule has 0 N–H and O–H groups in total. The lowest BCUT2D eigenvalue weighted by molar-refractivity contribution is -0.138. The molecule has 0 atom stereocenters.